The van der Waals surface area contributed by atoms with Crippen molar-refractivity contribution in [3.05, 3.63) is 0 Å². The Labute approximate surface area is 99.8 Å². The van der Waals surface area contributed by atoms with E-state index in [9.17, 15) is 4.57 Å². The maximum absolute atomic E-state index is 12.3. The smallest absolute Gasteiger partial charge is 0.307 e. The Hall–Kier alpha value is 0.110. The van der Waals surface area contributed by atoms with Crippen LogP contribution in [0.15, 0.2) is 0 Å². The minimum absolute atomic E-state index is 0.340. The molecule has 0 aromatic heterocycles. The van der Waals surface area contributed by atoms with Crippen molar-refractivity contribution >= 4 is 7.60 Å². The Kier molecular flexibility index (Phi) is 7.49. The van der Waals surface area contributed by atoms with Gasteiger partial charge < -0.3 is 9.05 Å². The van der Waals surface area contributed by atoms with Crippen molar-refractivity contribution in [3.63, 3.8) is 0 Å². The highest BCUT2D eigenvalue weighted by molar-refractivity contribution is 7.53. The van der Waals surface area contributed by atoms with Crippen molar-refractivity contribution in [2.45, 2.75) is 27.7 Å². The first kappa shape index (κ1) is 16.1. The van der Waals surface area contributed by atoms with Gasteiger partial charge in [-0.3, -0.25) is 9.46 Å². The Morgan fingerprint density at radius 1 is 1.00 bits per heavy atom. The topological polar surface area (TPSA) is 38.8 Å². The average Bonchev–Trinajstić information content (AvgIpc) is 2.11. The van der Waals surface area contributed by atoms with Crippen molar-refractivity contribution in [1.82, 2.24) is 4.90 Å². The summed E-state index contributed by atoms with van der Waals surface area (Å²) in [6, 6.07) is 0. The van der Waals surface area contributed by atoms with Crippen molar-refractivity contribution in [3.8, 4) is 0 Å². The number of hydrogen-bond acceptors (Lipinski definition) is 4. The number of hydrogen-bond donors (Lipinski definition) is 0. The molecule has 0 radical (unpaired) electrons. The van der Waals surface area contributed by atoms with Crippen molar-refractivity contribution in [1.29, 1.82) is 0 Å². The molecular formula is C11H26NO3P. The van der Waals surface area contributed by atoms with Crippen LogP contribution in [0.3, 0.4) is 0 Å². The molecule has 0 aliphatic heterocycles. The van der Waals surface area contributed by atoms with E-state index >= 15 is 0 Å². The summed E-state index contributed by atoms with van der Waals surface area (Å²) < 4.78 is 23.2. The van der Waals surface area contributed by atoms with Gasteiger partial charge in [0.2, 0.25) is 0 Å². The molecule has 0 aliphatic rings. The van der Waals surface area contributed by atoms with Crippen LogP contribution in [0.2, 0.25) is 0 Å². The Morgan fingerprint density at radius 3 is 1.62 bits per heavy atom. The molecule has 0 bridgehead atoms. The predicted molar refractivity (Wildman–Crippen MR) is 67.7 cm³/mol. The summed E-state index contributed by atoms with van der Waals surface area (Å²) in [5.74, 6) is 0.719. The van der Waals surface area contributed by atoms with Crippen LogP contribution in [0.1, 0.15) is 27.7 Å². The first-order valence-corrected chi connectivity index (χ1v) is 7.51. The second-order valence-electron chi connectivity index (χ2n) is 5.21. The monoisotopic (exact) mass is 251 g/mol. The van der Waals surface area contributed by atoms with Crippen LogP contribution in [-0.4, -0.2) is 38.5 Å². The number of nitrogens with zero attached hydrogens (tertiary/aromatic N) is 1. The highest BCUT2D eigenvalue weighted by atomic mass is 31.2. The van der Waals surface area contributed by atoms with Gasteiger partial charge in [-0.1, -0.05) is 27.7 Å². The molecule has 98 valence electrons. The van der Waals surface area contributed by atoms with E-state index in [-0.39, 0.29) is 0 Å². The average molecular weight is 251 g/mol. The van der Waals surface area contributed by atoms with Gasteiger partial charge in [-0.2, -0.15) is 0 Å². The third-order valence-corrected chi connectivity index (χ3v) is 3.66. The molecule has 0 aromatic rings. The summed E-state index contributed by atoms with van der Waals surface area (Å²) in [7, 11) is 0.773. The second kappa shape index (κ2) is 7.44. The Balaban J connectivity index is 4.30. The van der Waals surface area contributed by atoms with Gasteiger partial charge in [-0.05, 0) is 25.9 Å². The van der Waals surface area contributed by atoms with E-state index in [0.717, 1.165) is 0 Å². The van der Waals surface area contributed by atoms with E-state index in [1.165, 1.54) is 0 Å². The highest BCUT2D eigenvalue weighted by Crippen LogP contribution is 2.48. The summed E-state index contributed by atoms with van der Waals surface area (Å²) in [5, 5.41) is 0. The fraction of sp³-hybridized carbons (Fsp3) is 1.00. The van der Waals surface area contributed by atoms with E-state index in [1.807, 2.05) is 46.7 Å². The zero-order valence-electron chi connectivity index (χ0n) is 11.4. The second-order valence-corrected chi connectivity index (χ2v) is 7.23. The fourth-order valence-corrected chi connectivity index (χ4v) is 2.97. The molecule has 0 amide bonds. The van der Waals surface area contributed by atoms with E-state index in [2.05, 4.69) is 0 Å². The van der Waals surface area contributed by atoms with Gasteiger partial charge in [0.15, 0.2) is 0 Å². The normalized spacial score (nSPS) is 13.1. The van der Waals surface area contributed by atoms with Crippen LogP contribution in [-0.2, 0) is 13.6 Å². The largest absolute Gasteiger partial charge is 0.344 e. The number of rotatable bonds is 8. The van der Waals surface area contributed by atoms with E-state index in [1.54, 1.807) is 0 Å². The van der Waals surface area contributed by atoms with Gasteiger partial charge in [0.25, 0.3) is 0 Å². The minimum atomic E-state index is -2.96. The first-order valence-electron chi connectivity index (χ1n) is 5.78. The molecule has 0 aliphatic carbocycles. The molecule has 0 saturated heterocycles. The SMILES string of the molecule is CC(C)COP(=O)(CN(C)C)OCC(C)C. The molecule has 0 heterocycles. The van der Waals surface area contributed by atoms with Gasteiger partial charge in [-0.25, -0.2) is 0 Å². The van der Waals surface area contributed by atoms with Crippen molar-refractivity contribution in [2.75, 3.05) is 33.6 Å². The molecule has 0 atom stereocenters. The highest BCUT2D eigenvalue weighted by Gasteiger charge is 2.26. The lowest BCUT2D eigenvalue weighted by Gasteiger charge is -2.23. The van der Waals surface area contributed by atoms with Crippen LogP contribution in [0.25, 0.3) is 0 Å². The molecule has 0 N–H and O–H groups in total. The molecule has 5 heteroatoms. The van der Waals surface area contributed by atoms with Gasteiger partial charge >= 0.3 is 7.60 Å². The molecule has 0 fully saturated rings. The summed E-state index contributed by atoms with van der Waals surface area (Å²) in [4.78, 5) is 1.83. The van der Waals surface area contributed by atoms with Crippen LogP contribution < -0.4 is 0 Å². The third kappa shape index (κ3) is 8.28. The molecule has 0 rings (SSSR count). The maximum atomic E-state index is 12.3. The molecule has 0 saturated carbocycles. The molecule has 16 heavy (non-hydrogen) atoms. The Bertz CT molecular complexity index is 213. The quantitative estimate of drug-likeness (QED) is 0.621. The lowest BCUT2D eigenvalue weighted by Crippen LogP contribution is -2.18. The van der Waals surface area contributed by atoms with Crippen LogP contribution in [0.5, 0.6) is 0 Å². The lowest BCUT2D eigenvalue weighted by atomic mass is 10.2. The minimum Gasteiger partial charge on any atom is -0.307 e. The van der Waals surface area contributed by atoms with Crippen LogP contribution in [0.4, 0.5) is 0 Å². The maximum Gasteiger partial charge on any atom is 0.344 e. The molecular weight excluding hydrogens is 225 g/mol. The van der Waals surface area contributed by atoms with Gasteiger partial charge in [0.05, 0.1) is 13.2 Å². The van der Waals surface area contributed by atoms with Gasteiger partial charge in [-0.15, -0.1) is 0 Å². The zero-order valence-corrected chi connectivity index (χ0v) is 12.3. The van der Waals surface area contributed by atoms with Crippen LogP contribution in [0, 0.1) is 11.8 Å². The van der Waals surface area contributed by atoms with E-state index in [4.69, 9.17) is 9.05 Å². The zero-order chi connectivity index (χ0) is 12.8. The summed E-state index contributed by atoms with van der Waals surface area (Å²) >= 11 is 0. The summed E-state index contributed by atoms with van der Waals surface area (Å²) in [5.41, 5.74) is 0. The van der Waals surface area contributed by atoms with Gasteiger partial charge in [0.1, 0.15) is 6.29 Å². The van der Waals surface area contributed by atoms with Gasteiger partial charge in [0, 0.05) is 0 Å². The van der Waals surface area contributed by atoms with Crippen LogP contribution >= 0.6 is 7.60 Å². The van der Waals surface area contributed by atoms with Crippen molar-refractivity contribution in [2.24, 2.45) is 11.8 Å². The standard InChI is InChI=1S/C11H26NO3P/c1-10(2)7-14-16(13,9-12(5)6)15-8-11(3)4/h10-11H,7-9H2,1-6H3. The molecule has 4 nitrogen and oxygen atoms in total. The predicted octanol–water partition coefficient (Wildman–Crippen LogP) is 3.04. The molecule has 0 spiro atoms. The summed E-state index contributed by atoms with van der Waals surface area (Å²) in [6.45, 7) is 9.07. The fourth-order valence-electron chi connectivity index (χ4n) is 0.991. The third-order valence-electron chi connectivity index (χ3n) is 1.67. The molecule has 0 aromatic carbocycles. The summed E-state index contributed by atoms with van der Waals surface area (Å²) in [6.07, 6.45) is 0.340. The Morgan fingerprint density at radius 2 is 1.38 bits per heavy atom. The van der Waals surface area contributed by atoms with E-state index in [0.29, 0.717) is 31.3 Å². The lowest BCUT2D eigenvalue weighted by molar-refractivity contribution is 0.165. The molecule has 0 unspecified atom stereocenters. The van der Waals surface area contributed by atoms with Crippen molar-refractivity contribution < 1.29 is 13.6 Å². The van der Waals surface area contributed by atoms with E-state index < -0.39 is 7.60 Å². The first-order chi connectivity index (χ1) is 7.25.